The van der Waals surface area contributed by atoms with Crippen LogP contribution in [0.15, 0.2) is 42.5 Å². The van der Waals surface area contributed by atoms with E-state index < -0.39 is 6.10 Å². The van der Waals surface area contributed by atoms with Gasteiger partial charge in [-0.25, -0.2) is 0 Å². The number of aliphatic hydroxyl groups excluding tert-OH is 1. The van der Waals surface area contributed by atoms with Crippen LogP contribution in [0.5, 0.6) is 0 Å². The first-order chi connectivity index (χ1) is 17.6. The minimum Gasteiger partial charge on any atom is -0.390 e. The van der Waals surface area contributed by atoms with Crippen LogP contribution < -0.4 is 4.90 Å². The van der Waals surface area contributed by atoms with Gasteiger partial charge in [-0.05, 0) is 54.2 Å². The Kier molecular flexibility index (Phi) is 6.98. The highest BCUT2D eigenvalue weighted by Gasteiger charge is 2.30. The number of carbonyl (C=O) groups excluding carboxylic acids is 1. The van der Waals surface area contributed by atoms with E-state index in [9.17, 15) is 9.90 Å². The first kappa shape index (κ1) is 23.9. The number of amides is 1. The number of carbonyl (C=O) groups is 1. The van der Waals surface area contributed by atoms with Crippen LogP contribution in [0.4, 0.5) is 5.69 Å². The number of rotatable bonds is 6. The van der Waals surface area contributed by atoms with Crippen LogP contribution in [0.25, 0.3) is 0 Å². The average Bonchev–Trinajstić information content (AvgIpc) is 3.45. The number of aliphatic hydroxyl groups is 1. The summed E-state index contributed by atoms with van der Waals surface area (Å²) in [5.74, 6) is 0.0527. The fourth-order valence-corrected chi connectivity index (χ4v) is 6.37. The SMILES string of the molecule is O=C1c2ccc(N3CCN(C4CCOC4)CC3)cc2CCN1C[C@H](O)CN1CCc2ccccc2C1. The van der Waals surface area contributed by atoms with Crippen LogP contribution in [0.3, 0.4) is 0 Å². The van der Waals surface area contributed by atoms with E-state index in [1.807, 2.05) is 11.0 Å². The predicted molar refractivity (Wildman–Crippen MR) is 140 cm³/mol. The van der Waals surface area contributed by atoms with Crippen molar-refractivity contribution in [1.29, 1.82) is 0 Å². The molecule has 0 aromatic heterocycles. The number of anilines is 1. The lowest BCUT2D eigenvalue weighted by Crippen LogP contribution is -2.50. The molecule has 7 nitrogen and oxygen atoms in total. The number of piperazine rings is 1. The maximum Gasteiger partial charge on any atom is 0.254 e. The predicted octanol–water partition coefficient (Wildman–Crippen LogP) is 2.02. The first-order valence-electron chi connectivity index (χ1n) is 13.6. The van der Waals surface area contributed by atoms with Crippen molar-refractivity contribution >= 4 is 11.6 Å². The van der Waals surface area contributed by atoms with Gasteiger partial charge in [0.2, 0.25) is 0 Å². The molecule has 2 aromatic carbocycles. The molecule has 2 fully saturated rings. The third-order valence-electron chi connectivity index (χ3n) is 8.47. The van der Waals surface area contributed by atoms with Crippen molar-refractivity contribution in [3.63, 3.8) is 0 Å². The van der Waals surface area contributed by atoms with Crippen LogP contribution >= 0.6 is 0 Å². The molecule has 2 aromatic rings. The summed E-state index contributed by atoms with van der Waals surface area (Å²) in [7, 11) is 0. The van der Waals surface area contributed by atoms with Crippen LogP contribution in [-0.4, -0.2) is 103 Å². The molecule has 0 saturated carbocycles. The largest absolute Gasteiger partial charge is 0.390 e. The zero-order valence-electron chi connectivity index (χ0n) is 21.1. The number of ether oxygens (including phenoxy) is 1. The summed E-state index contributed by atoms with van der Waals surface area (Å²) in [4.78, 5) is 22.4. The fraction of sp³-hybridized carbons (Fsp3) is 0.552. The summed E-state index contributed by atoms with van der Waals surface area (Å²) in [6.07, 6.45) is 2.48. The Morgan fingerprint density at radius 1 is 0.917 bits per heavy atom. The van der Waals surface area contributed by atoms with E-state index in [0.29, 0.717) is 25.7 Å². The van der Waals surface area contributed by atoms with E-state index in [4.69, 9.17) is 4.74 Å². The highest BCUT2D eigenvalue weighted by atomic mass is 16.5. The summed E-state index contributed by atoms with van der Waals surface area (Å²) in [5, 5.41) is 10.8. The van der Waals surface area contributed by atoms with Crippen LogP contribution in [-0.2, 0) is 24.1 Å². The number of fused-ring (bicyclic) bond motifs is 2. The normalized spacial score (nSPS) is 24.0. The second-order valence-electron chi connectivity index (χ2n) is 10.8. The Morgan fingerprint density at radius 3 is 2.53 bits per heavy atom. The van der Waals surface area contributed by atoms with E-state index in [0.717, 1.165) is 82.9 Å². The molecule has 7 heteroatoms. The van der Waals surface area contributed by atoms with Gasteiger partial charge in [-0.2, -0.15) is 0 Å². The number of β-amino-alcohol motifs (C(OH)–C–C–N with tert-alkyl or cyclic N) is 1. The summed E-state index contributed by atoms with van der Waals surface area (Å²) in [5.41, 5.74) is 5.93. The van der Waals surface area contributed by atoms with Crippen molar-refractivity contribution in [3.8, 4) is 0 Å². The van der Waals surface area contributed by atoms with Crippen molar-refractivity contribution in [2.24, 2.45) is 0 Å². The molecule has 1 N–H and O–H groups in total. The molecule has 2 atom stereocenters. The van der Waals surface area contributed by atoms with Crippen molar-refractivity contribution in [2.45, 2.75) is 38.0 Å². The minimum atomic E-state index is -0.540. The molecule has 0 radical (unpaired) electrons. The average molecular weight is 491 g/mol. The number of hydrogen-bond donors (Lipinski definition) is 1. The van der Waals surface area contributed by atoms with Crippen LogP contribution in [0, 0.1) is 0 Å². The molecule has 2 saturated heterocycles. The van der Waals surface area contributed by atoms with E-state index >= 15 is 0 Å². The second kappa shape index (κ2) is 10.5. The van der Waals surface area contributed by atoms with Crippen molar-refractivity contribution in [1.82, 2.24) is 14.7 Å². The van der Waals surface area contributed by atoms with Crippen LogP contribution in [0.1, 0.15) is 33.5 Å². The molecule has 6 rings (SSSR count). The lowest BCUT2D eigenvalue weighted by atomic mass is 9.97. The maximum absolute atomic E-state index is 13.3. The first-order valence-corrected chi connectivity index (χ1v) is 13.6. The van der Waals surface area contributed by atoms with Crippen molar-refractivity contribution in [3.05, 3.63) is 64.7 Å². The van der Waals surface area contributed by atoms with Gasteiger partial charge in [0.25, 0.3) is 5.91 Å². The van der Waals surface area contributed by atoms with E-state index in [1.54, 1.807) is 0 Å². The summed E-state index contributed by atoms with van der Waals surface area (Å²) >= 11 is 0. The maximum atomic E-state index is 13.3. The topological polar surface area (TPSA) is 59.5 Å². The minimum absolute atomic E-state index is 0.0527. The zero-order chi connectivity index (χ0) is 24.5. The molecule has 192 valence electrons. The molecule has 1 unspecified atom stereocenters. The highest BCUT2D eigenvalue weighted by molar-refractivity contribution is 5.97. The van der Waals surface area contributed by atoms with Gasteiger partial charge in [-0.3, -0.25) is 14.6 Å². The third-order valence-corrected chi connectivity index (χ3v) is 8.47. The van der Waals surface area contributed by atoms with Gasteiger partial charge >= 0.3 is 0 Å². The van der Waals surface area contributed by atoms with E-state index in [1.165, 1.54) is 16.8 Å². The van der Waals surface area contributed by atoms with Gasteiger partial charge < -0.3 is 19.6 Å². The van der Waals surface area contributed by atoms with Crippen LogP contribution in [0.2, 0.25) is 0 Å². The molecular formula is C29H38N4O3. The molecule has 4 aliphatic heterocycles. The molecule has 4 aliphatic rings. The Hall–Kier alpha value is -2.45. The number of hydrogen-bond acceptors (Lipinski definition) is 6. The zero-order valence-corrected chi connectivity index (χ0v) is 21.1. The molecule has 0 bridgehead atoms. The third kappa shape index (κ3) is 5.02. The lowest BCUT2D eigenvalue weighted by molar-refractivity contribution is 0.0493. The van der Waals surface area contributed by atoms with Gasteiger partial charge in [0.05, 0.1) is 12.7 Å². The monoisotopic (exact) mass is 490 g/mol. The lowest BCUT2D eigenvalue weighted by Gasteiger charge is -2.39. The molecule has 0 spiro atoms. The smallest absolute Gasteiger partial charge is 0.254 e. The second-order valence-corrected chi connectivity index (χ2v) is 10.8. The van der Waals surface area contributed by atoms with Gasteiger partial charge in [-0.15, -0.1) is 0 Å². The highest BCUT2D eigenvalue weighted by Crippen LogP contribution is 2.27. The van der Waals surface area contributed by atoms with Gasteiger partial charge in [0, 0.05) is 82.8 Å². The Bertz CT molecular complexity index is 1080. The number of benzene rings is 2. The van der Waals surface area contributed by atoms with Gasteiger partial charge in [0.15, 0.2) is 0 Å². The molecule has 4 heterocycles. The molecular weight excluding hydrogens is 452 g/mol. The van der Waals surface area contributed by atoms with Gasteiger partial charge in [-0.1, -0.05) is 24.3 Å². The Labute approximate surface area is 214 Å². The molecule has 36 heavy (non-hydrogen) atoms. The standard InChI is InChI=1S/C29H38N4O3/c34-27(19-30-10-7-22-3-1-2-4-24(22)18-30)20-33-11-8-23-17-25(5-6-28(23)29(33)35)31-12-14-32(15-13-31)26-9-16-36-21-26/h1-6,17,26-27,34H,7-16,18-21H2/t26?,27-/m1/s1. The van der Waals surface area contributed by atoms with E-state index in [-0.39, 0.29) is 5.91 Å². The van der Waals surface area contributed by atoms with E-state index in [2.05, 4.69) is 51.1 Å². The summed E-state index contributed by atoms with van der Waals surface area (Å²) < 4.78 is 5.57. The number of nitrogens with zero attached hydrogens (tertiary/aromatic N) is 4. The van der Waals surface area contributed by atoms with Gasteiger partial charge in [0.1, 0.15) is 0 Å². The Morgan fingerprint density at radius 2 is 1.72 bits per heavy atom. The van der Waals surface area contributed by atoms with Crippen molar-refractivity contribution < 1.29 is 14.6 Å². The summed E-state index contributed by atoms with van der Waals surface area (Å²) in [6, 6.07) is 15.5. The summed E-state index contributed by atoms with van der Waals surface area (Å²) in [6.45, 7) is 9.43. The fourth-order valence-electron chi connectivity index (χ4n) is 6.37. The molecule has 1 amide bonds. The quantitative estimate of drug-likeness (QED) is 0.669. The van der Waals surface area contributed by atoms with Crippen molar-refractivity contribution in [2.75, 3.05) is 70.5 Å². The Balaban J connectivity index is 1.03. The molecule has 0 aliphatic carbocycles.